The van der Waals surface area contributed by atoms with E-state index in [9.17, 15) is 5.11 Å². The number of phenols is 1. The van der Waals surface area contributed by atoms with Crippen molar-refractivity contribution in [2.75, 3.05) is 5.32 Å². The number of para-hydroxylation sites is 1. The third-order valence-corrected chi connectivity index (χ3v) is 5.83. The average Bonchev–Trinajstić information content (AvgIpc) is 2.47. The van der Waals surface area contributed by atoms with E-state index in [-0.39, 0.29) is 10.8 Å². The topological polar surface area (TPSA) is 32.3 Å². The molecule has 0 unspecified atom stereocenters. The summed E-state index contributed by atoms with van der Waals surface area (Å²) in [6, 6.07) is 12.6. The zero-order valence-corrected chi connectivity index (χ0v) is 17.5. The molecule has 0 saturated carbocycles. The van der Waals surface area contributed by atoms with Crippen molar-refractivity contribution < 1.29 is 5.11 Å². The molecule has 2 aromatic carbocycles. The maximum atomic E-state index is 10.9. The summed E-state index contributed by atoms with van der Waals surface area (Å²) in [7, 11) is 0. The minimum atomic E-state index is -0.115. The van der Waals surface area contributed by atoms with Gasteiger partial charge in [-0.05, 0) is 0 Å². The molecule has 0 aliphatic rings. The van der Waals surface area contributed by atoms with Crippen LogP contribution in [-0.2, 0) is 10.8 Å². The number of aromatic hydroxyl groups is 1. The average molecular weight is 390 g/mol. The maximum absolute atomic E-state index is 10.9. The van der Waals surface area contributed by atoms with Gasteiger partial charge in [-0.2, -0.15) is 0 Å². The van der Waals surface area contributed by atoms with Crippen LogP contribution >= 0.6 is 0 Å². The van der Waals surface area contributed by atoms with Gasteiger partial charge in [0.1, 0.15) is 0 Å². The summed E-state index contributed by atoms with van der Waals surface area (Å²) in [6.45, 7) is 13.0. The number of hydrogen-bond donors (Lipinski definition) is 2. The molecule has 2 N–H and O–H groups in total. The number of benzene rings is 2. The van der Waals surface area contributed by atoms with Crippen molar-refractivity contribution in [3.8, 4) is 5.75 Å². The van der Waals surface area contributed by atoms with Gasteiger partial charge in [0.15, 0.2) is 0 Å². The van der Waals surface area contributed by atoms with Crippen LogP contribution in [-0.4, -0.2) is 20.1 Å². The monoisotopic (exact) mass is 391 g/mol. The number of rotatable bonds is 3. The Bertz CT molecular complexity index is 724. The predicted molar refractivity (Wildman–Crippen MR) is 106 cm³/mol. The SMILES string of the molecule is C[Se]c1ccccc1Nc1cc(C(C)(C)C)cc(C(C)(C)C)c1O. The summed E-state index contributed by atoms with van der Waals surface area (Å²) in [6.07, 6.45) is 0. The van der Waals surface area contributed by atoms with Gasteiger partial charge in [-0.1, -0.05) is 0 Å². The first-order valence-corrected chi connectivity index (χ1v) is 10.9. The van der Waals surface area contributed by atoms with E-state index in [4.69, 9.17) is 0 Å². The number of hydrogen-bond acceptors (Lipinski definition) is 2. The molecule has 0 amide bonds. The summed E-state index contributed by atoms with van der Waals surface area (Å²) in [5.41, 5.74) is 4.00. The van der Waals surface area contributed by atoms with Crippen molar-refractivity contribution in [3.63, 3.8) is 0 Å². The van der Waals surface area contributed by atoms with Crippen molar-refractivity contribution in [1.82, 2.24) is 0 Å². The van der Waals surface area contributed by atoms with E-state index in [1.807, 2.05) is 6.07 Å². The molecule has 0 heterocycles. The van der Waals surface area contributed by atoms with Gasteiger partial charge < -0.3 is 0 Å². The van der Waals surface area contributed by atoms with Gasteiger partial charge in [-0.15, -0.1) is 0 Å². The number of phenolic OH excluding ortho intramolecular Hbond substituents is 1. The second-order valence-corrected chi connectivity index (χ2v) is 10.0. The standard InChI is InChI=1S/C21H29NOSe/c1-20(2,3)14-12-15(21(4,5)6)19(23)17(13-14)22-16-10-8-9-11-18(16)24-7/h8-13,22-23H,1-7H3. The van der Waals surface area contributed by atoms with E-state index in [0.29, 0.717) is 20.7 Å². The second kappa shape index (κ2) is 6.82. The van der Waals surface area contributed by atoms with E-state index >= 15 is 0 Å². The van der Waals surface area contributed by atoms with E-state index in [2.05, 4.69) is 83.0 Å². The molecule has 2 nitrogen and oxygen atoms in total. The van der Waals surface area contributed by atoms with Crippen LogP contribution in [0.2, 0.25) is 5.82 Å². The van der Waals surface area contributed by atoms with Crippen molar-refractivity contribution >= 4 is 30.8 Å². The molecule has 0 aliphatic heterocycles. The summed E-state index contributed by atoms with van der Waals surface area (Å²) in [5.74, 6) is 2.56. The van der Waals surface area contributed by atoms with Crippen LogP contribution in [0.4, 0.5) is 11.4 Å². The van der Waals surface area contributed by atoms with E-state index < -0.39 is 0 Å². The molecule has 0 aromatic heterocycles. The van der Waals surface area contributed by atoms with E-state index in [0.717, 1.165) is 16.9 Å². The van der Waals surface area contributed by atoms with Crippen LogP contribution in [0.3, 0.4) is 0 Å². The Labute approximate surface area is 152 Å². The van der Waals surface area contributed by atoms with Gasteiger partial charge in [-0.25, -0.2) is 0 Å². The zero-order valence-electron chi connectivity index (χ0n) is 15.8. The molecule has 0 spiro atoms. The van der Waals surface area contributed by atoms with Crippen LogP contribution in [0.15, 0.2) is 36.4 Å². The van der Waals surface area contributed by atoms with Crippen LogP contribution in [0.5, 0.6) is 5.75 Å². The molecule has 130 valence electrons. The number of anilines is 2. The fourth-order valence-electron chi connectivity index (χ4n) is 2.63. The fraction of sp³-hybridized carbons (Fsp3) is 0.429. The molecule has 0 atom stereocenters. The molecule has 24 heavy (non-hydrogen) atoms. The van der Waals surface area contributed by atoms with E-state index in [1.165, 1.54) is 10.0 Å². The van der Waals surface area contributed by atoms with Gasteiger partial charge in [0, 0.05) is 0 Å². The van der Waals surface area contributed by atoms with Crippen LogP contribution in [0.1, 0.15) is 52.7 Å². The summed E-state index contributed by atoms with van der Waals surface area (Å²) in [5, 5.41) is 14.4. The first kappa shape index (κ1) is 18.9. The first-order valence-electron chi connectivity index (χ1n) is 8.32. The van der Waals surface area contributed by atoms with Crippen molar-refractivity contribution in [1.29, 1.82) is 0 Å². The Morgan fingerprint density at radius 3 is 2.04 bits per heavy atom. The van der Waals surface area contributed by atoms with E-state index in [1.54, 1.807) is 0 Å². The molecular formula is C21H29NOSe. The summed E-state index contributed by atoms with van der Waals surface area (Å²) in [4.78, 5) is 0. The molecular weight excluding hydrogens is 361 g/mol. The van der Waals surface area contributed by atoms with Gasteiger partial charge >= 0.3 is 153 Å². The van der Waals surface area contributed by atoms with Gasteiger partial charge in [0.25, 0.3) is 0 Å². The number of nitrogens with one attached hydrogen (secondary N) is 1. The van der Waals surface area contributed by atoms with Crippen LogP contribution < -0.4 is 9.78 Å². The third kappa shape index (κ3) is 4.15. The van der Waals surface area contributed by atoms with Gasteiger partial charge in [-0.3, -0.25) is 0 Å². The van der Waals surface area contributed by atoms with Crippen molar-refractivity contribution in [2.24, 2.45) is 0 Å². The Morgan fingerprint density at radius 1 is 0.875 bits per heavy atom. The Balaban J connectivity index is 2.60. The summed E-state index contributed by atoms with van der Waals surface area (Å²) < 4.78 is 1.31. The quantitative estimate of drug-likeness (QED) is 0.564. The zero-order chi connectivity index (χ0) is 18.1. The Hall–Kier alpha value is -1.44. The molecule has 3 heteroatoms. The molecule has 0 aliphatic carbocycles. The normalized spacial score (nSPS) is 12.3. The first-order chi connectivity index (χ1) is 11.0. The van der Waals surface area contributed by atoms with Gasteiger partial charge in [0.2, 0.25) is 0 Å². The molecule has 2 aromatic rings. The molecule has 0 bridgehead atoms. The predicted octanol–water partition coefficient (Wildman–Crippen LogP) is 5.11. The van der Waals surface area contributed by atoms with Crippen molar-refractivity contribution in [3.05, 3.63) is 47.5 Å². The Morgan fingerprint density at radius 2 is 1.50 bits per heavy atom. The molecule has 2 rings (SSSR count). The third-order valence-electron chi connectivity index (χ3n) is 4.16. The molecule has 0 fully saturated rings. The Kier molecular flexibility index (Phi) is 5.37. The van der Waals surface area contributed by atoms with Crippen LogP contribution in [0.25, 0.3) is 0 Å². The molecule has 0 radical (unpaired) electrons. The van der Waals surface area contributed by atoms with Crippen molar-refractivity contribution in [2.45, 2.75) is 58.2 Å². The summed E-state index contributed by atoms with van der Waals surface area (Å²) >= 11 is 0.397. The molecule has 0 saturated heterocycles. The van der Waals surface area contributed by atoms with Gasteiger partial charge in [0.05, 0.1) is 0 Å². The van der Waals surface area contributed by atoms with Crippen LogP contribution in [0, 0.1) is 0 Å². The minimum absolute atomic E-state index is 0.0261. The second-order valence-electron chi connectivity index (χ2n) is 8.25. The fourth-order valence-corrected chi connectivity index (χ4v) is 3.79.